The second-order valence-corrected chi connectivity index (χ2v) is 6.00. The summed E-state index contributed by atoms with van der Waals surface area (Å²) < 4.78 is 16.7. The van der Waals surface area contributed by atoms with Crippen molar-refractivity contribution in [2.75, 3.05) is 19.8 Å². The molecule has 0 N–H and O–H groups in total. The Balaban J connectivity index is 1.43. The Bertz CT molecular complexity index is 627. The van der Waals surface area contributed by atoms with Crippen molar-refractivity contribution in [3.63, 3.8) is 0 Å². The summed E-state index contributed by atoms with van der Waals surface area (Å²) in [6.45, 7) is 2.32. The largest absolute Gasteiger partial charge is 0.465 e. The first-order valence-corrected chi connectivity index (χ1v) is 8.23. The topological polar surface area (TPSA) is 44.8 Å². The van der Waals surface area contributed by atoms with E-state index in [4.69, 9.17) is 14.2 Å². The molecule has 0 spiro atoms. The van der Waals surface area contributed by atoms with E-state index in [2.05, 4.69) is 0 Å². The Morgan fingerprint density at radius 2 is 1.38 bits per heavy atom. The van der Waals surface area contributed by atoms with Gasteiger partial charge in [-0.2, -0.15) is 0 Å². The third kappa shape index (κ3) is 4.66. The maximum Gasteiger partial charge on any atom is 0.311 e. The molecular formula is C20H22O4. The predicted molar refractivity (Wildman–Crippen MR) is 90.1 cm³/mol. The summed E-state index contributed by atoms with van der Waals surface area (Å²) in [5.41, 5.74) is 2.22. The van der Waals surface area contributed by atoms with Gasteiger partial charge in [0.25, 0.3) is 0 Å². The first kappa shape index (κ1) is 16.7. The molecule has 4 nitrogen and oxygen atoms in total. The van der Waals surface area contributed by atoms with E-state index in [1.54, 1.807) is 0 Å². The van der Waals surface area contributed by atoms with Crippen LogP contribution in [0.15, 0.2) is 60.7 Å². The number of cyclic esters (lactones) is 1. The molecule has 1 saturated heterocycles. The molecular weight excluding hydrogens is 304 g/mol. The highest BCUT2D eigenvalue weighted by Gasteiger charge is 2.37. The average Bonchev–Trinajstić information content (AvgIpc) is 2.97. The summed E-state index contributed by atoms with van der Waals surface area (Å²) in [4.78, 5) is 11.9. The first-order chi connectivity index (χ1) is 11.8. The molecule has 0 bridgehead atoms. The third-order valence-electron chi connectivity index (χ3n) is 4.16. The van der Waals surface area contributed by atoms with Crippen LogP contribution in [0.25, 0.3) is 0 Å². The Kier molecular flexibility index (Phi) is 5.99. The van der Waals surface area contributed by atoms with Crippen LogP contribution in [0.3, 0.4) is 0 Å². The summed E-state index contributed by atoms with van der Waals surface area (Å²) >= 11 is 0. The molecule has 3 rings (SSSR count). The monoisotopic (exact) mass is 326 g/mol. The van der Waals surface area contributed by atoms with Gasteiger partial charge in [-0.15, -0.1) is 0 Å². The second kappa shape index (κ2) is 8.62. The van der Waals surface area contributed by atoms with Crippen molar-refractivity contribution in [2.45, 2.75) is 13.2 Å². The van der Waals surface area contributed by atoms with E-state index >= 15 is 0 Å². The van der Waals surface area contributed by atoms with Gasteiger partial charge < -0.3 is 14.2 Å². The van der Waals surface area contributed by atoms with Gasteiger partial charge in [0.1, 0.15) is 0 Å². The Hall–Kier alpha value is -2.17. The van der Waals surface area contributed by atoms with Gasteiger partial charge in [-0.1, -0.05) is 60.7 Å². The van der Waals surface area contributed by atoms with Crippen LogP contribution in [-0.4, -0.2) is 25.8 Å². The smallest absolute Gasteiger partial charge is 0.311 e. The maximum atomic E-state index is 11.9. The minimum absolute atomic E-state index is 0.0528. The number of hydrogen-bond donors (Lipinski definition) is 0. The van der Waals surface area contributed by atoms with E-state index in [0.717, 1.165) is 11.1 Å². The van der Waals surface area contributed by atoms with Crippen molar-refractivity contribution in [1.82, 2.24) is 0 Å². The van der Waals surface area contributed by atoms with Crippen molar-refractivity contribution in [3.8, 4) is 0 Å². The molecule has 0 unspecified atom stereocenters. The van der Waals surface area contributed by atoms with Gasteiger partial charge in [0, 0.05) is 5.92 Å². The number of ether oxygens (including phenoxy) is 3. The minimum atomic E-state index is -0.246. The van der Waals surface area contributed by atoms with Gasteiger partial charge in [-0.25, -0.2) is 0 Å². The maximum absolute atomic E-state index is 11.9. The van der Waals surface area contributed by atoms with E-state index in [0.29, 0.717) is 33.0 Å². The molecule has 2 atom stereocenters. The molecule has 0 amide bonds. The van der Waals surface area contributed by atoms with E-state index < -0.39 is 0 Å². The van der Waals surface area contributed by atoms with Crippen LogP contribution in [0.5, 0.6) is 0 Å². The molecule has 2 aromatic rings. The lowest BCUT2D eigenvalue weighted by atomic mass is 9.97. The lowest BCUT2D eigenvalue weighted by Gasteiger charge is -2.15. The number of rotatable bonds is 8. The molecule has 0 saturated carbocycles. The molecule has 0 aromatic heterocycles. The quantitative estimate of drug-likeness (QED) is 0.699. The fraction of sp³-hybridized carbons (Fsp3) is 0.350. The first-order valence-electron chi connectivity index (χ1n) is 8.23. The van der Waals surface area contributed by atoms with E-state index in [1.807, 2.05) is 60.7 Å². The van der Waals surface area contributed by atoms with Crippen molar-refractivity contribution in [2.24, 2.45) is 11.8 Å². The third-order valence-corrected chi connectivity index (χ3v) is 4.16. The van der Waals surface area contributed by atoms with E-state index in [9.17, 15) is 4.79 Å². The van der Waals surface area contributed by atoms with Crippen LogP contribution in [-0.2, 0) is 32.2 Å². The highest BCUT2D eigenvalue weighted by Crippen LogP contribution is 2.23. The van der Waals surface area contributed by atoms with Crippen LogP contribution in [0, 0.1) is 11.8 Å². The van der Waals surface area contributed by atoms with Gasteiger partial charge in [0.2, 0.25) is 0 Å². The Labute approximate surface area is 142 Å². The van der Waals surface area contributed by atoms with Crippen molar-refractivity contribution in [1.29, 1.82) is 0 Å². The predicted octanol–water partition coefficient (Wildman–Crippen LogP) is 3.21. The zero-order chi connectivity index (χ0) is 16.6. The normalized spacial score (nSPS) is 20.1. The molecule has 0 radical (unpaired) electrons. The van der Waals surface area contributed by atoms with Crippen LogP contribution < -0.4 is 0 Å². The van der Waals surface area contributed by atoms with Crippen LogP contribution in [0.2, 0.25) is 0 Å². The molecule has 126 valence electrons. The molecule has 4 heteroatoms. The zero-order valence-electron chi connectivity index (χ0n) is 13.6. The molecule has 0 aliphatic carbocycles. The zero-order valence-corrected chi connectivity index (χ0v) is 13.6. The molecule has 2 aromatic carbocycles. The highest BCUT2D eigenvalue weighted by atomic mass is 16.5. The Morgan fingerprint density at radius 3 is 1.96 bits per heavy atom. The number of carbonyl (C=O) groups is 1. The molecule has 1 heterocycles. The lowest BCUT2D eigenvalue weighted by Crippen LogP contribution is -2.25. The van der Waals surface area contributed by atoms with E-state index in [1.165, 1.54) is 0 Å². The summed E-state index contributed by atoms with van der Waals surface area (Å²) in [5, 5.41) is 0. The summed E-state index contributed by atoms with van der Waals surface area (Å²) in [7, 11) is 0. The summed E-state index contributed by atoms with van der Waals surface area (Å²) in [6.07, 6.45) is 0. The summed E-state index contributed by atoms with van der Waals surface area (Å²) in [5.74, 6) is -0.377. The minimum Gasteiger partial charge on any atom is -0.465 e. The van der Waals surface area contributed by atoms with Gasteiger partial charge in [0.05, 0.1) is 39.0 Å². The standard InChI is InChI=1S/C20H22O4/c21-20-19(15-23-12-17-9-5-2-6-10-17)18(14-24-20)13-22-11-16-7-3-1-4-8-16/h1-10,18-19H,11-15H2/t18-,19+/m0/s1. The number of hydrogen-bond acceptors (Lipinski definition) is 4. The fourth-order valence-electron chi connectivity index (χ4n) is 2.75. The van der Waals surface area contributed by atoms with Gasteiger partial charge >= 0.3 is 5.97 Å². The van der Waals surface area contributed by atoms with Crippen molar-refractivity contribution < 1.29 is 19.0 Å². The van der Waals surface area contributed by atoms with Crippen molar-refractivity contribution >= 4 is 5.97 Å². The Morgan fingerprint density at radius 1 is 0.833 bits per heavy atom. The van der Waals surface area contributed by atoms with Crippen LogP contribution >= 0.6 is 0 Å². The number of benzene rings is 2. The van der Waals surface area contributed by atoms with Gasteiger partial charge in [-0.3, -0.25) is 4.79 Å². The number of esters is 1. The fourth-order valence-corrected chi connectivity index (χ4v) is 2.75. The summed E-state index contributed by atoms with van der Waals surface area (Å²) in [6, 6.07) is 19.9. The highest BCUT2D eigenvalue weighted by molar-refractivity contribution is 5.74. The molecule has 24 heavy (non-hydrogen) atoms. The van der Waals surface area contributed by atoms with Gasteiger partial charge in [-0.05, 0) is 11.1 Å². The SMILES string of the molecule is O=C1OC[C@H](COCc2ccccc2)[C@H]1COCc1ccccc1. The van der Waals surface area contributed by atoms with E-state index in [-0.39, 0.29) is 17.8 Å². The number of carbonyl (C=O) groups excluding carboxylic acids is 1. The average molecular weight is 326 g/mol. The van der Waals surface area contributed by atoms with Crippen LogP contribution in [0.4, 0.5) is 0 Å². The lowest BCUT2D eigenvalue weighted by molar-refractivity contribution is -0.143. The molecule has 1 fully saturated rings. The molecule has 1 aliphatic heterocycles. The second-order valence-electron chi connectivity index (χ2n) is 6.00. The molecule has 1 aliphatic rings. The van der Waals surface area contributed by atoms with Crippen molar-refractivity contribution in [3.05, 3.63) is 71.8 Å². The van der Waals surface area contributed by atoms with Crippen LogP contribution in [0.1, 0.15) is 11.1 Å². The van der Waals surface area contributed by atoms with Gasteiger partial charge in [0.15, 0.2) is 0 Å².